The van der Waals surface area contributed by atoms with Crippen LogP contribution in [0.25, 0.3) is 87.3 Å². The van der Waals surface area contributed by atoms with E-state index in [9.17, 15) is 0 Å². The lowest BCUT2D eigenvalue weighted by Gasteiger charge is -2.26. The largest absolute Gasteiger partial charge is 0.456 e. The van der Waals surface area contributed by atoms with Gasteiger partial charge in [0.15, 0.2) is 0 Å². The molecule has 0 N–H and O–H groups in total. The van der Waals surface area contributed by atoms with Gasteiger partial charge in [-0.3, -0.25) is 0 Å². The smallest absolute Gasteiger partial charge is 0.137 e. The van der Waals surface area contributed by atoms with E-state index < -0.39 is 0 Å². The van der Waals surface area contributed by atoms with E-state index in [1.165, 1.54) is 65.3 Å². The van der Waals surface area contributed by atoms with E-state index in [1.54, 1.807) is 0 Å². The first-order valence-electron chi connectivity index (χ1n) is 18.5. The van der Waals surface area contributed by atoms with Crippen molar-refractivity contribution in [3.05, 3.63) is 200 Å². The Morgan fingerprint density at radius 2 is 0.741 bits per heavy atom. The van der Waals surface area contributed by atoms with Crippen LogP contribution in [0.4, 0.5) is 17.1 Å². The maximum atomic E-state index is 6.81. The number of rotatable bonds is 5. The number of fused-ring (bicyclic) bond motifs is 11. The molecule has 2 heteroatoms. The fraction of sp³-hybridized carbons (Fsp3) is 0. The van der Waals surface area contributed by atoms with Crippen LogP contribution in [0.2, 0.25) is 0 Å². The molecule has 0 aliphatic rings. The van der Waals surface area contributed by atoms with E-state index >= 15 is 0 Å². The van der Waals surface area contributed by atoms with Gasteiger partial charge >= 0.3 is 0 Å². The van der Waals surface area contributed by atoms with Gasteiger partial charge in [0.05, 0.1) is 0 Å². The number of benzene rings is 10. The van der Waals surface area contributed by atoms with E-state index in [1.807, 2.05) is 0 Å². The van der Waals surface area contributed by atoms with Crippen LogP contribution >= 0.6 is 0 Å². The lowest BCUT2D eigenvalue weighted by Crippen LogP contribution is -2.09. The van der Waals surface area contributed by atoms with Gasteiger partial charge in [0, 0.05) is 33.9 Å². The van der Waals surface area contributed by atoms with Crippen LogP contribution in [-0.2, 0) is 0 Å². The van der Waals surface area contributed by atoms with Crippen molar-refractivity contribution in [2.45, 2.75) is 0 Å². The highest BCUT2D eigenvalue weighted by Gasteiger charge is 2.20. The lowest BCUT2D eigenvalue weighted by atomic mass is 9.94. The minimum atomic E-state index is 0.862. The summed E-state index contributed by atoms with van der Waals surface area (Å²) in [6.07, 6.45) is 0. The van der Waals surface area contributed by atoms with Gasteiger partial charge in [-0.15, -0.1) is 0 Å². The zero-order chi connectivity index (χ0) is 35.6. The maximum Gasteiger partial charge on any atom is 0.137 e. The van der Waals surface area contributed by atoms with Crippen molar-refractivity contribution >= 4 is 82.1 Å². The van der Waals surface area contributed by atoms with Gasteiger partial charge in [-0.05, 0) is 108 Å². The average Bonchev–Trinajstić information content (AvgIpc) is 3.62. The first kappa shape index (κ1) is 30.5. The average molecular weight is 688 g/mol. The fourth-order valence-electron chi connectivity index (χ4n) is 8.54. The summed E-state index contributed by atoms with van der Waals surface area (Å²) in [4.78, 5) is 2.36. The van der Waals surface area contributed by atoms with Gasteiger partial charge in [0.25, 0.3) is 0 Å². The highest BCUT2D eigenvalue weighted by atomic mass is 16.3. The van der Waals surface area contributed by atoms with Crippen molar-refractivity contribution in [1.29, 1.82) is 0 Å². The zero-order valence-corrected chi connectivity index (χ0v) is 29.4. The summed E-state index contributed by atoms with van der Waals surface area (Å²) < 4.78 is 6.81. The Hall–Kier alpha value is -7.16. The lowest BCUT2D eigenvalue weighted by molar-refractivity contribution is 0.669. The molecule has 0 aliphatic heterocycles. The number of hydrogen-bond acceptors (Lipinski definition) is 2. The quantitative estimate of drug-likeness (QED) is 0.168. The second-order valence-corrected chi connectivity index (χ2v) is 14.1. The molecule has 0 atom stereocenters. The molecule has 252 valence electrons. The predicted molar refractivity (Wildman–Crippen MR) is 229 cm³/mol. The highest BCUT2D eigenvalue weighted by molar-refractivity contribution is 6.26. The standard InChI is InChI=1S/C52H33NO/c1-3-13-34(14-4-1)35-23-25-37(26-24-35)53(38-27-29-45-42-19-8-7-17-40(42)41-18-9-10-20-43(41)49(45)31-38)39-28-30-47-50(32-39)54-51-33-48(36-15-5-2-6-16-36)44-21-11-12-22-46(44)52(47)51/h1-33H. The number of furan rings is 1. The van der Waals surface area contributed by atoms with Crippen molar-refractivity contribution in [2.24, 2.45) is 0 Å². The minimum absolute atomic E-state index is 0.862. The van der Waals surface area contributed by atoms with Crippen molar-refractivity contribution in [3.63, 3.8) is 0 Å². The molecule has 1 aromatic heterocycles. The van der Waals surface area contributed by atoms with Crippen molar-refractivity contribution in [1.82, 2.24) is 0 Å². The van der Waals surface area contributed by atoms with Crippen molar-refractivity contribution in [3.8, 4) is 22.3 Å². The van der Waals surface area contributed by atoms with Gasteiger partial charge in [-0.2, -0.15) is 0 Å². The van der Waals surface area contributed by atoms with Gasteiger partial charge in [-0.25, -0.2) is 0 Å². The van der Waals surface area contributed by atoms with E-state index in [4.69, 9.17) is 4.42 Å². The molecule has 1 heterocycles. The van der Waals surface area contributed by atoms with Crippen LogP contribution in [-0.4, -0.2) is 0 Å². The number of nitrogens with zero attached hydrogens (tertiary/aromatic N) is 1. The molecule has 54 heavy (non-hydrogen) atoms. The Kier molecular flexibility index (Phi) is 6.90. The van der Waals surface area contributed by atoms with Crippen LogP contribution in [0.1, 0.15) is 0 Å². The third-order valence-electron chi connectivity index (χ3n) is 11.0. The monoisotopic (exact) mass is 687 g/mol. The molecule has 0 spiro atoms. The van der Waals surface area contributed by atoms with Crippen LogP contribution in [0.15, 0.2) is 205 Å². The van der Waals surface area contributed by atoms with Crippen LogP contribution < -0.4 is 4.90 Å². The zero-order valence-electron chi connectivity index (χ0n) is 29.4. The van der Waals surface area contributed by atoms with E-state index in [0.717, 1.165) is 39.0 Å². The summed E-state index contributed by atoms with van der Waals surface area (Å²) in [6, 6.07) is 72.1. The number of anilines is 3. The van der Waals surface area contributed by atoms with Crippen molar-refractivity contribution in [2.75, 3.05) is 4.90 Å². The topological polar surface area (TPSA) is 16.4 Å². The molecular weight excluding hydrogens is 655 g/mol. The second-order valence-electron chi connectivity index (χ2n) is 14.1. The van der Waals surface area contributed by atoms with E-state index in [-0.39, 0.29) is 0 Å². The molecule has 11 rings (SSSR count). The highest BCUT2D eigenvalue weighted by Crippen LogP contribution is 2.44. The summed E-state index contributed by atoms with van der Waals surface area (Å²) in [5.41, 5.74) is 9.69. The molecule has 0 saturated heterocycles. The first-order valence-corrected chi connectivity index (χ1v) is 18.5. The molecule has 0 saturated carbocycles. The van der Waals surface area contributed by atoms with Gasteiger partial charge in [0.2, 0.25) is 0 Å². The Labute approximate surface area is 312 Å². The number of hydrogen-bond donors (Lipinski definition) is 0. The van der Waals surface area contributed by atoms with E-state index in [2.05, 4.69) is 205 Å². The van der Waals surface area contributed by atoms with Gasteiger partial charge < -0.3 is 9.32 Å². The van der Waals surface area contributed by atoms with Crippen LogP contribution in [0, 0.1) is 0 Å². The third-order valence-corrected chi connectivity index (χ3v) is 11.0. The first-order chi connectivity index (χ1) is 26.8. The third kappa shape index (κ3) is 4.81. The molecular formula is C52H33NO. The Morgan fingerprint density at radius 1 is 0.278 bits per heavy atom. The second kappa shape index (κ2) is 12.2. The summed E-state index contributed by atoms with van der Waals surface area (Å²) in [6.45, 7) is 0. The van der Waals surface area contributed by atoms with Crippen molar-refractivity contribution < 1.29 is 4.42 Å². The molecule has 10 aromatic carbocycles. The van der Waals surface area contributed by atoms with Crippen LogP contribution in [0.5, 0.6) is 0 Å². The molecule has 0 fully saturated rings. The molecule has 0 unspecified atom stereocenters. The maximum absolute atomic E-state index is 6.81. The minimum Gasteiger partial charge on any atom is -0.456 e. The van der Waals surface area contributed by atoms with Gasteiger partial charge in [-0.1, -0.05) is 152 Å². The summed E-state index contributed by atoms with van der Waals surface area (Å²) in [5.74, 6) is 0. The van der Waals surface area contributed by atoms with E-state index in [0.29, 0.717) is 0 Å². The summed E-state index contributed by atoms with van der Waals surface area (Å²) >= 11 is 0. The molecule has 2 nitrogen and oxygen atoms in total. The summed E-state index contributed by atoms with van der Waals surface area (Å²) in [5, 5.41) is 12.2. The Morgan fingerprint density at radius 3 is 1.39 bits per heavy atom. The Balaban J connectivity index is 1.14. The Bertz CT molecular complexity index is 3160. The molecule has 0 amide bonds. The molecule has 11 aromatic rings. The summed E-state index contributed by atoms with van der Waals surface area (Å²) in [7, 11) is 0. The molecule has 0 radical (unpaired) electrons. The SMILES string of the molecule is c1ccc(-c2ccc(N(c3ccc4c(c3)oc3cc(-c5ccccc5)c5ccccc5c34)c3ccc4c5ccccc5c5ccccc5c4c3)cc2)cc1. The fourth-order valence-corrected chi connectivity index (χ4v) is 8.54. The van der Waals surface area contributed by atoms with Gasteiger partial charge in [0.1, 0.15) is 11.2 Å². The molecule has 0 aliphatic carbocycles. The van der Waals surface area contributed by atoms with Crippen LogP contribution in [0.3, 0.4) is 0 Å². The predicted octanol–water partition coefficient (Wildman–Crippen LogP) is 15.0. The normalized spacial score (nSPS) is 11.7. The molecule has 0 bridgehead atoms.